The minimum absolute atomic E-state index is 0.191. The van der Waals surface area contributed by atoms with Gasteiger partial charge >= 0.3 is 0 Å². The third-order valence-corrected chi connectivity index (χ3v) is 5.35. The normalized spacial score (nSPS) is 32.1. The zero-order valence-electron chi connectivity index (χ0n) is 13.1. The minimum Gasteiger partial charge on any atom is -0.504 e. The van der Waals surface area contributed by atoms with E-state index in [1.165, 1.54) is 5.57 Å². The number of benzene rings is 1. The van der Waals surface area contributed by atoms with Gasteiger partial charge in [0.15, 0.2) is 17.6 Å². The van der Waals surface area contributed by atoms with Gasteiger partial charge < -0.3 is 19.9 Å². The molecule has 1 aromatic rings. The molecule has 1 fully saturated rings. The molecule has 1 aromatic carbocycles. The van der Waals surface area contributed by atoms with Crippen molar-refractivity contribution in [2.24, 2.45) is 0 Å². The Labute approximate surface area is 130 Å². The number of rotatable bonds is 1. The van der Waals surface area contributed by atoms with Crippen LogP contribution in [0.25, 0.3) is 0 Å². The molecule has 3 unspecified atom stereocenters. The van der Waals surface area contributed by atoms with Crippen LogP contribution < -0.4 is 10.1 Å². The standard InChI is InChI=1S/C18H21NO3/c1-10-4-6-13(20)16-15(10)18-8-9-19-11(2)12(18)5-7-14(21-3)17(18)22-16/h4-7,11,17,19-20H,8-9H2,1-3H3. The Morgan fingerprint density at radius 1 is 1.36 bits per heavy atom. The summed E-state index contributed by atoms with van der Waals surface area (Å²) in [7, 11) is 1.68. The topological polar surface area (TPSA) is 50.7 Å². The van der Waals surface area contributed by atoms with Crippen molar-refractivity contribution in [2.45, 2.75) is 37.8 Å². The van der Waals surface area contributed by atoms with Gasteiger partial charge in [-0.2, -0.15) is 0 Å². The molecule has 0 bridgehead atoms. The molecule has 1 aliphatic carbocycles. The fourth-order valence-electron chi connectivity index (χ4n) is 4.40. The molecule has 2 N–H and O–H groups in total. The average molecular weight is 299 g/mol. The van der Waals surface area contributed by atoms with Crippen LogP contribution in [0.4, 0.5) is 0 Å². The summed E-state index contributed by atoms with van der Waals surface area (Å²) < 4.78 is 11.8. The van der Waals surface area contributed by atoms with Gasteiger partial charge in [0.2, 0.25) is 0 Å². The van der Waals surface area contributed by atoms with Gasteiger partial charge in [0, 0.05) is 11.6 Å². The van der Waals surface area contributed by atoms with Crippen LogP contribution in [0.2, 0.25) is 0 Å². The summed E-state index contributed by atoms with van der Waals surface area (Å²) in [6.07, 6.45) is 4.91. The Morgan fingerprint density at radius 2 is 2.18 bits per heavy atom. The smallest absolute Gasteiger partial charge is 0.169 e. The molecule has 0 amide bonds. The molecular formula is C18H21NO3. The van der Waals surface area contributed by atoms with Gasteiger partial charge in [-0.05, 0) is 50.1 Å². The van der Waals surface area contributed by atoms with Gasteiger partial charge in [-0.15, -0.1) is 0 Å². The molecule has 0 saturated carbocycles. The molecular weight excluding hydrogens is 278 g/mol. The van der Waals surface area contributed by atoms with Gasteiger partial charge in [0.1, 0.15) is 5.76 Å². The molecule has 1 spiro atoms. The lowest BCUT2D eigenvalue weighted by Gasteiger charge is -2.45. The lowest BCUT2D eigenvalue weighted by Crippen LogP contribution is -2.54. The van der Waals surface area contributed by atoms with Crippen LogP contribution in [-0.4, -0.2) is 30.9 Å². The maximum Gasteiger partial charge on any atom is 0.169 e. The first-order valence-electron chi connectivity index (χ1n) is 7.79. The fourth-order valence-corrected chi connectivity index (χ4v) is 4.40. The summed E-state index contributed by atoms with van der Waals surface area (Å²) in [6, 6.07) is 3.97. The van der Waals surface area contributed by atoms with Gasteiger partial charge in [0.25, 0.3) is 0 Å². The number of fused-ring (bicyclic) bond motifs is 1. The molecule has 3 atom stereocenters. The summed E-state index contributed by atoms with van der Waals surface area (Å²) in [4.78, 5) is 0. The van der Waals surface area contributed by atoms with Crippen molar-refractivity contribution >= 4 is 0 Å². The predicted molar refractivity (Wildman–Crippen MR) is 84.2 cm³/mol. The Balaban J connectivity index is 2.02. The second-order valence-corrected chi connectivity index (χ2v) is 6.40. The van der Waals surface area contributed by atoms with E-state index in [1.54, 1.807) is 13.2 Å². The number of phenols is 1. The highest BCUT2D eigenvalue weighted by molar-refractivity contribution is 5.64. The number of aryl methyl sites for hydroxylation is 1. The number of piperidine rings is 1. The first-order chi connectivity index (χ1) is 10.6. The van der Waals surface area contributed by atoms with E-state index in [0.29, 0.717) is 5.75 Å². The number of hydrogen-bond donors (Lipinski definition) is 2. The molecule has 0 radical (unpaired) electrons. The highest BCUT2D eigenvalue weighted by Gasteiger charge is 2.58. The van der Waals surface area contributed by atoms with Crippen molar-refractivity contribution in [2.75, 3.05) is 13.7 Å². The van der Waals surface area contributed by atoms with Crippen molar-refractivity contribution in [1.29, 1.82) is 0 Å². The lowest BCUT2D eigenvalue weighted by molar-refractivity contribution is 0.103. The summed E-state index contributed by atoms with van der Waals surface area (Å²) in [5, 5.41) is 13.8. The summed E-state index contributed by atoms with van der Waals surface area (Å²) >= 11 is 0. The van der Waals surface area contributed by atoms with Crippen molar-refractivity contribution in [3.8, 4) is 11.5 Å². The first kappa shape index (κ1) is 13.7. The van der Waals surface area contributed by atoms with Gasteiger partial charge in [-0.25, -0.2) is 0 Å². The third kappa shape index (κ3) is 1.51. The van der Waals surface area contributed by atoms with E-state index in [2.05, 4.69) is 25.2 Å². The molecule has 22 heavy (non-hydrogen) atoms. The molecule has 3 aliphatic rings. The molecule has 2 aliphatic heterocycles. The van der Waals surface area contributed by atoms with Gasteiger partial charge in [-0.1, -0.05) is 12.1 Å². The number of methoxy groups -OCH3 is 1. The fraction of sp³-hybridized carbons (Fsp3) is 0.444. The van der Waals surface area contributed by atoms with E-state index in [-0.39, 0.29) is 23.3 Å². The highest BCUT2D eigenvalue weighted by atomic mass is 16.5. The maximum absolute atomic E-state index is 10.3. The number of aromatic hydroxyl groups is 1. The molecule has 4 heteroatoms. The molecule has 4 nitrogen and oxygen atoms in total. The lowest BCUT2D eigenvalue weighted by atomic mass is 9.62. The van der Waals surface area contributed by atoms with E-state index in [9.17, 15) is 5.11 Å². The Hall–Kier alpha value is -1.94. The van der Waals surface area contributed by atoms with E-state index in [0.717, 1.165) is 29.9 Å². The first-order valence-corrected chi connectivity index (χ1v) is 7.79. The Bertz CT molecular complexity index is 707. The monoisotopic (exact) mass is 299 g/mol. The van der Waals surface area contributed by atoms with Crippen LogP contribution in [0.1, 0.15) is 24.5 Å². The Kier molecular flexibility index (Phi) is 2.82. The van der Waals surface area contributed by atoms with Crippen LogP contribution in [0, 0.1) is 6.92 Å². The number of nitrogens with one attached hydrogen (secondary N) is 1. The van der Waals surface area contributed by atoms with Crippen LogP contribution in [-0.2, 0) is 10.2 Å². The van der Waals surface area contributed by atoms with E-state index in [4.69, 9.17) is 9.47 Å². The second kappa shape index (κ2) is 4.53. The van der Waals surface area contributed by atoms with Crippen LogP contribution in [0.3, 0.4) is 0 Å². The van der Waals surface area contributed by atoms with E-state index < -0.39 is 0 Å². The Morgan fingerprint density at radius 3 is 2.95 bits per heavy atom. The second-order valence-electron chi connectivity index (χ2n) is 6.40. The largest absolute Gasteiger partial charge is 0.504 e. The third-order valence-electron chi connectivity index (χ3n) is 5.35. The van der Waals surface area contributed by atoms with Gasteiger partial charge in [0.05, 0.1) is 12.5 Å². The van der Waals surface area contributed by atoms with Crippen LogP contribution in [0.5, 0.6) is 11.5 Å². The van der Waals surface area contributed by atoms with Crippen molar-refractivity contribution in [3.63, 3.8) is 0 Å². The van der Waals surface area contributed by atoms with Crippen molar-refractivity contribution in [3.05, 3.63) is 46.7 Å². The summed E-state index contributed by atoms with van der Waals surface area (Å²) in [5.74, 6) is 1.66. The molecule has 2 heterocycles. The van der Waals surface area contributed by atoms with E-state index in [1.807, 2.05) is 12.1 Å². The minimum atomic E-state index is -0.233. The summed E-state index contributed by atoms with van der Waals surface area (Å²) in [5.41, 5.74) is 3.37. The zero-order chi connectivity index (χ0) is 15.5. The molecule has 4 rings (SSSR count). The number of allylic oxidation sites excluding steroid dienone is 2. The quantitative estimate of drug-likeness (QED) is 0.837. The maximum atomic E-state index is 10.3. The SMILES string of the molecule is COC1=CC=C2C(C)NCCC23c2c(C)ccc(O)c2OC13. The number of hydrogen-bond acceptors (Lipinski definition) is 4. The molecule has 1 saturated heterocycles. The average Bonchev–Trinajstić information content (AvgIpc) is 2.86. The summed E-state index contributed by atoms with van der Waals surface area (Å²) in [6.45, 7) is 5.20. The number of phenolic OH excluding ortho intramolecular Hbond substituents is 1. The van der Waals surface area contributed by atoms with E-state index >= 15 is 0 Å². The van der Waals surface area contributed by atoms with Crippen LogP contribution >= 0.6 is 0 Å². The molecule has 116 valence electrons. The van der Waals surface area contributed by atoms with Crippen LogP contribution in [0.15, 0.2) is 35.6 Å². The van der Waals surface area contributed by atoms with Crippen molar-refractivity contribution < 1.29 is 14.6 Å². The predicted octanol–water partition coefficient (Wildman–Crippen LogP) is 2.55. The number of ether oxygens (including phenoxy) is 2. The van der Waals surface area contributed by atoms with Crippen molar-refractivity contribution in [1.82, 2.24) is 5.32 Å². The zero-order valence-corrected chi connectivity index (χ0v) is 13.1. The molecule has 0 aromatic heterocycles. The highest BCUT2D eigenvalue weighted by Crippen LogP contribution is 2.58. The van der Waals surface area contributed by atoms with Gasteiger partial charge in [-0.3, -0.25) is 0 Å².